The standard InChI is InChI=1S/C21H27N3O2/c1-23(14-18-8-5-10-22-13-18)16-21(26)24-11-9-20(25)19(15-24)12-17-6-3-2-4-7-17/h2-8,10,13,19-20,25H,9,11-12,14-16H2,1H3/t19-,20-/m1/s1. The van der Waals surface area contributed by atoms with Crippen LogP contribution in [0.3, 0.4) is 0 Å². The van der Waals surface area contributed by atoms with Gasteiger partial charge in [0.1, 0.15) is 0 Å². The highest BCUT2D eigenvalue weighted by Crippen LogP contribution is 2.22. The van der Waals surface area contributed by atoms with Crippen LogP contribution < -0.4 is 0 Å². The van der Waals surface area contributed by atoms with E-state index in [0.717, 1.165) is 12.0 Å². The zero-order valence-electron chi connectivity index (χ0n) is 15.3. The van der Waals surface area contributed by atoms with Crippen molar-refractivity contribution >= 4 is 5.91 Å². The Balaban J connectivity index is 1.53. The van der Waals surface area contributed by atoms with Crippen molar-refractivity contribution in [1.29, 1.82) is 0 Å². The van der Waals surface area contributed by atoms with Crippen LogP contribution in [-0.2, 0) is 17.8 Å². The Morgan fingerprint density at radius 1 is 1.23 bits per heavy atom. The first-order valence-electron chi connectivity index (χ1n) is 9.19. The lowest BCUT2D eigenvalue weighted by Gasteiger charge is -2.37. The van der Waals surface area contributed by atoms with Gasteiger partial charge in [-0.05, 0) is 37.1 Å². The Labute approximate surface area is 155 Å². The molecule has 1 amide bonds. The molecule has 1 aromatic heterocycles. The highest BCUT2D eigenvalue weighted by atomic mass is 16.3. The molecule has 3 rings (SSSR count). The monoisotopic (exact) mass is 353 g/mol. The summed E-state index contributed by atoms with van der Waals surface area (Å²) in [6.07, 6.45) is 4.69. The maximum atomic E-state index is 12.7. The number of nitrogens with zero attached hydrogens (tertiary/aromatic N) is 3. The fourth-order valence-electron chi connectivity index (χ4n) is 3.55. The summed E-state index contributed by atoms with van der Waals surface area (Å²) in [5, 5.41) is 10.4. The van der Waals surface area contributed by atoms with Crippen molar-refractivity contribution in [2.24, 2.45) is 5.92 Å². The minimum Gasteiger partial charge on any atom is -0.393 e. The van der Waals surface area contributed by atoms with Crippen LogP contribution in [0, 0.1) is 5.92 Å². The normalized spacial score (nSPS) is 20.3. The Bertz CT molecular complexity index is 693. The van der Waals surface area contributed by atoms with Gasteiger partial charge in [-0.2, -0.15) is 0 Å². The molecular weight excluding hydrogens is 326 g/mol. The van der Waals surface area contributed by atoms with Crippen LogP contribution in [0.15, 0.2) is 54.9 Å². The molecule has 2 heterocycles. The SMILES string of the molecule is CN(CC(=O)N1CC[C@@H](O)[C@H](Cc2ccccc2)C1)Cc1cccnc1. The lowest BCUT2D eigenvalue weighted by molar-refractivity contribution is -0.136. The first-order valence-corrected chi connectivity index (χ1v) is 9.19. The topological polar surface area (TPSA) is 56.7 Å². The lowest BCUT2D eigenvalue weighted by atomic mass is 9.88. The molecule has 2 aromatic rings. The van der Waals surface area contributed by atoms with Crippen molar-refractivity contribution < 1.29 is 9.90 Å². The summed E-state index contributed by atoms with van der Waals surface area (Å²) in [7, 11) is 1.95. The van der Waals surface area contributed by atoms with Crippen LogP contribution in [0.25, 0.3) is 0 Å². The summed E-state index contributed by atoms with van der Waals surface area (Å²) >= 11 is 0. The summed E-state index contributed by atoms with van der Waals surface area (Å²) in [4.78, 5) is 20.7. The molecule has 5 nitrogen and oxygen atoms in total. The molecular formula is C21H27N3O2. The maximum absolute atomic E-state index is 12.7. The van der Waals surface area contributed by atoms with Gasteiger partial charge in [-0.15, -0.1) is 0 Å². The van der Waals surface area contributed by atoms with Gasteiger partial charge in [-0.25, -0.2) is 0 Å². The van der Waals surface area contributed by atoms with Crippen LogP contribution in [0.5, 0.6) is 0 Å². The number of aliphatic hydroxyl groups is 1. The predicted octanol–water partition coefficient (Wildman–Crippen LogP) is 1.97. The summed E-state index contributed by atoms with van der Waals surface area (Å²) in [6, 6.07) is 14.1. The van der Waals surface area contributed by atoms with Gasteiger partial charge in [0.25, 0.3) is 0 Å². The van der Waals surface area contributed by atoms with Crippen molar-refractivity contribution in [2.45, 2.75) is 25.5 Å². The van der Waals surface area contributed by atoms with Gasteiger partial charge in [0.05, 0.1) is 12.6 Å². The van der Waals surface area contributed by atoms with E-state index in [-0.39, 0.29) is 17.9 Å². The number of hydrogen-bond acceptors (Lipinski definition) is 4. The minimum atomic E-state index is -0.340. The van der Waals surface area contributed by atoms with Crippen LogP contribution >= 0.6 is 0 Å². The van der Waals surface area contributed by atoms with E-state index in [2.05, 4.69) is 17.1 Å². The third-order valence-corrected chi connectivity index (χ3v) is 4.97. The number of amides is 1. The molecule has 0 bridgehead atoms. The number of piperidine rings is 1. The fourth-order valence-corrected chi connectivity index (χ4v) is 3.55. The minimum absolute atomic E-state index is 0.0960. The number of benzene rings is 1. The molecule has 2 atom stereocenters. The van der Waals surface area contributed by atoms with Gasteiger partial charge < -0.3 is 10.0 Å². The molecule has 26 heavy (non-hydrogen) atoms. The number of likely N-dealkylation sites (tertiary alicyclic amines) is 1. The maximum Gasteiger partial charge on any atom is 0.236 e. The van der Waals surface area contributed by atoms with E-state index in [4.69, 9.17) is 0 Å². The molecule has 0 radical (unpaired) electrons. The highest BCUT2D eigenvalue weighted by molar-refractivity contribution is 5.78. The second kappa shape index (κ2) is 8.92. The largest absolute Gasteiger partial charge is 0.393 e. The van der Waals surface area contributed by atoms with E-state index < -0.39 is 0 Å². The molecule has 5 heteroatoms. The van der Waals surface area contributed by atoms with Crippen LogP contribution in [-0.4, -0.2) is 58.6 Å². The van der Waals surface area contributed by atoms with Gasteiger partial charge in [0.15, 0.2) is 0 Å². The Morgan fingerprint density at radius 3 is 2.73 bits per heavy atom. The van der Waals surface area contributed by atoms with Crippen LogP contribution in [0.2, 0.25) is 0 Å². The van der Waals surface area contributed by atoms with Gasteiger partial charge in [0.2, 0.25) is 5.91 Å². The third kappa shape index (κ3) is 5.13. The summed E-state index contributed by atoms with van der Waals surface area (Å²) in [6.45, 7) is 2.33. The number of hydrogen-bond donors (Lipinski definition) is 1. The zero-order valence-corrected chi connectivity index (χ0v) is 15.3. The number of carbonyl (C=O) groups is 1. The predicted molar refractivity (Wildman–Crippen MR) is 101 cm³/mol. The molecule has 1 N–H and O–H groups in total. The molecule has 1 aliphatic rings. The number of aliphatic hydroxyl groups excluding tert-OH is 1. The van der Waals surface area contributed by atoms with Crippen molar-refractivity contribution in [1.82, 2.24) is 14.8 Å². The lowest BCUT2D eigenvalue weighted by Crippen LogP contribution is -2.49. The molecule has 1 aliphatic heterocycles. The average molecular weight is 353 g/mol. The van der Waals surface area contributed by atoms with E-state index in [1.165, 1.54) is 5.56 Å². The summed E-state index contributed by atoms with van der Waals surface area (Å²) < 4.78 is 0. The second-order valence-corrected chi connectivity index (χ2v) is 7.18. The Morgan fingerprint density at radius 2 is 2.00 bits per heavy atom. The van der Waals surface area contributed by atoms with Gasteiger partial charge >= 0.3 is 0 Å². The zero-order chi connectivity index (χ0) is 18.4. The van der Waals surface area contributed by atoms with Gasteiger partial charge in [-0.1, -0.05) is 36.4 Å². The van der Waals surface area contributed by atoms with E-state index in [1.807, 2.05) is 53.4 Å². The fraction of sp³-hybridized carbons (Fsp3) is 0.429. The summed E-state index contributed by atoms with van der Waals surface area (Å²) in [5.74, 6) is 0.222. The number of carbonyl (C=O) groups excluding carboxylic acids is 1. The molecule has 1 aromatic carbocycles. The number of likely N-dealkylation sites (N-methyl/N-ethyl adjacent to an activating group) is 1. The summed E-state index contributed by atoms with van der Waals surface area (Å²) in [5.41, 5.74) is 2.30. The third-order valence-electron chi connectivity index (χ3n) is 4.97. The van der Waals surface area contributed by atoms with Gasteiger partial charge in [0, 0.05) is 37.9 Å². The number of rotatable bonds is 6. The number of aromatic nitrogens is 1. The molecule has 138 valence electrons. The molecule has 0 spiro atoms. The van der Waals surface area contributed by atoms with Crippen LogP contribution in [0.1, 0.15) is 17.5 Å². The van der Waals surface area contributed by atoms with Crippen molar-refractivity contribution in [2.75, 3.05) is 26.7 Å². The van der Waals surface area contributed by atoms with E-state index in [9.17, 15) is 9.90 Å². The van der Waals surface area contributed by atoms with Crippen LogP contribution in [0.4, 0.5) is 0 Å². The molecule has 0 unspecified atom stereocenters. The first kappa shape index (κ1) is 18.5. The highest BCUT2D eigenvalue weighted by Gasteiger charge is 2.30. The van der Waals surface area contributed by atoms with Crippen molar-refractivity contribution in [3.8, 4) is 0 Å². The molecule has 0 aliphatic carbocycles. The molecule has 1 saturated heterocycles. The molecule has 1 fully saturated rings. The smallest absolute Gasteiger partial charge is 0.236 e. The first-order chi connectivity index (χ1) is 12.6. The van der Waals surface area contributed by atoms with E-state index in [1.54, 1.807) is 6.20 Å². The van der Waals surface area contributed by atoms with E-state index >= 15 is 0 Å². The Kier molecular flexibility index (Phi) is 6.36. The van der Waals surface area contributed by atoms with Crippen molar-refractivity contribution in [3.05, 3.63) is 66.0 Å². The quantitative estimate of drug-likeness (QED) is 0.863. The average Bonchev–Trinajstić information content (AvgIpc) is 2.65. The second-order valence-electron chi connectivity index (χ2n) is 7.18. The molecule has 0 saturated carbocycles. The number of pyridine rings is 1. The van der Waals surface area contributed by atoms with Crippen molar-refractivity contribution in [3.63, 3.8) is 0 Å². The van der Waals surface area contributed by atoms with E-state index in [0.29, 0.717) is 32.6 Å². The van der Waals surface area contributed by atoms with Gasteiger partial charge in [-0.3, -0.25) is 14.7 Å². The Hall–Kier alpha value is -2.24.